The van der Waals surface area contributed by atoms with Crippen molar-refractivity contribution in [2.75, 3.05) is 40.3 Å². The number of hydrogen-bond donors (Lipinski definition) is 2. The SMILES string of the molecule is CCOC(=O)N1CCC(NC(N)=NCC(C)(C)N(C)C)CC1. The lowest BCUT2D eigenvalue weighted by molar-refractivity contribution is 0.0963. The predicted octanol–water partition coefficient (Wildman–Crippen LogP) is 0.852. The lowest BCUT2D eigenvalue weighted by atomic mass is 10.0. The van der Waals surface area contributed by atoms with E-state index in [-0.39, 0.29) is 17.7 Å². The van der Waals surface area contributed by atoms with E-state index in [0.717, 1.165) is 12.8 Å². The van der Waals surface area contributed by atoms with Crippen molar-refractivity contribution < 1.29 is 9.53 Å². The minimum atomic E-state index is -0.227. The number of guanidine groups is 1. The number of nitrogens with one attached hydrogen (secondary N) is 1. The molecular formula is C15H31N5O2. The predicted molar refractivity (Wildman–Crippen MR) is 89.0 cm³/mol. The van der Waals surface area contributed by atoms with Gasteiger partial charge < -0.3 is 25.6 Å². The smallest absolute Gasteiger partial charge is 0.409 e. The van der Waals surface area contributed by atoms with Gasteiger partial charge in [0, 0.05) is 24.7 Å². The Morgan fingerprint density at radius 3 is 2.50 bits per heavy atom. The molecule has 0 aromatic rings. The molecule has 7 nitrogen and oxygen atoms in total. The van der Waals surface area contributed by atoms with E-state index in [0.29, 0.717) is 32.2 Å². The molecule has 128 valence electrons. The van der Waals surface area contributed by atoms with Crippen molar-refractivity contribution in [1.82, 2.24) is 15.1 Å². The fourth-order valence-electron chi connectivity index (χ4n) is 2.10. The Hall–Kier alpha value is -1.50. The minimum absolute atomic E-state index is 0.0282. The van der Waals surface area contributed by atoms with E-state index in [1.807, 2.05) is 21.0 Å². The molecule has 1 saturated heterocycles. The molecule has 0 aromatic carbocycles. The van der Waals surface area contributed by atoms with Gasteiger partial charge in [-0.3, -0.25) is 4.99 Å². The van der Waals surface area contributed by atoms with Gasteiger partial charge in [-0.1, -0.05) is 0 Å². The van der Waals surface area contributed by atoms with E-state index in [4.69, 9.17) is 10.5 Å². The Balaban J connectivity index is 2.38. The highest BCUT2D eigenvalue weighted by molar-refractivity contribution is 5.78. The lowest BCUT2D eigenvalue weighted by Gasteiger charge is -2.33. The summed E-state index contributed by atoms with van der Waals surface area (Å²) in [6, 6.07) is 0.261. The largest absolute Gasteiger partial charge is 0.450 e. The molecule has 22 heavy (non-hydrogen) atoms. The van der Waals surface area contributed by atoms with Crippen LogP contribution in [0.15, 0.2) is 4.99 Å². The number of nitrogens with two attached hydrogens (primary N) is 1. The summed E-state index contributed by atoms with van der Waals surface area (Å²) in [5.41, 5.74) is 5.94. The van der Waals surface area contributed by atoms with Crippen LogP contribution in [-0.2, 0) is 4.74 Å². The van der Waals surface area contributed by atoms with Crippen LogP contribution in [-0.4, -0.2) is 73.8 Å². The van der Waals surface area contributed by atoms with Crippen molar-refractivity contribution in [2.45, 2.75) is 45.2 Å². The maximum absolute atomic E-state index is 11.6. The van der Waals surface area contributed by atoms with Crippen LogP contribution >= 0.6 is 0 Å². The molecular weight excluding hydrogens is 282 g/mol. The molecule has 0 atom stereocenters. The first-order valence-corrected chi connectivity index (χ1v) is 7.92. The van der Waals surface area contributed by atoms with Gasteiger partial charge in [0.25, 0.3) is 0 Å². The minimum Gasteiger partial charge on any atom is -0.450 e. The van der Waals surface area contributed by atoms with Gasteiger partial charge in [0.1, 0.15) is 0 Å². The first kappa shape index (κ1) is 18.5. The average Bonchev–Trinajstić information content (AvgIpc) is 2.46. The fraction of sp³-hybridized carbons (Fsp3) is 0.867. The maximum atomic E-state index is 11.6. The molecule has 7 heteroatoms. The van der Waals surface area contributed by atoms with Gasteiger partial charge in [-0.25, -0.2) is 4.79 Å². The van der Waals surface area contributed by atoms with Crippen LogP contribution in [0.25, 0.3) is 0 Å². The van der Waals surface area contributed by atoms with Crippen LogP contribution in [0.5, 0.6) is 0 Å². The molecule has 1 amide bonds. The molecule has 1 rings (SSSR count). The zero-order valence-electron chi connectivity index (χ0n) is 14.6. The second kappa shape index (κ2) is 8.22. The van der Waals surface area contributed by atoms with E-state index in [1.165, 1.54) is 0 Å². The summed E-state index contributed by atoms with van der Waals surface area (Å²) in [5.74, 6) is 0.476. The molecule has 1 fully saturated rings. The Morgan fingerprint density at radius 2 is 2.00 bits per heavy atom. The summed E-state index contributed by atoms with van der Waals surface area (Å²) < 4.78 is 5.01. The first-order valence-electron chi connectivity index (χ1n) is 7.92. The third-order valence-electron chi connectivity index (χ3n) is 4.22. The molecule has 1 heterocycles. The van der Waals surface area contributed by atoms with Gasteiger partial charge >= 0.3 is 6.09 Å². The van der Waals surface area contributed by atoms with Gasteiger partial charge in [-0.15, -0.1) is 0 Å². The number of likely N-dealkylation sites (tertiary alicyclic amines) is 1. The van der Waals surface area contributed by atoms with Gasteiger partial charge in [-0.05, 0) is 47.7 Å². The highest BCUT2D eigenvalue weighted by Gasteiger charge is 2.24. The van der Waals surface area contributed by atoms with Crippen LogP contribution in [0.1, 0.15) is 33.6 Å². The van der Waals surface area contributed by atoms with Crippen molar-refractivity contribution in [2.24, 2.45) is 10.7 Å². The van der Waals surface area contributed by atoms with Gasteiger partial charge in [0.2, 0.25) is 0 Å². The number of ether oxygens (including phenoxy) is 1. The van der Waals surface area contributed by atoms with E-state index >= 15 is 0 Å². The molecule has 0 aromatic heterocycles. The average molecular weight is 313 g/mol. The summed E-state index contributed by atoms with van der Waals surface area (Å²) in [6.07, 6.45) is 1.48. The number of rotatable bonds is 5. The number of aliphatic imine (C=N–C) groups is 1. The monoisotopic (exact) mass is 313 g/mol. The summed E-state index contributed by atoms with van der Waals surface area (Å²) in [7, 11) is 4.06. The molecule has 0 radical (unpaired) electrons. The molecule has 0 aliphatic carbocycles. The topological polar surface area (TPSA) is 83.2 Å². The third-order valence-corrected chi connectivity index (χ3v) is 4.22. The van der Waals surface area contributed by atoms with Gasteiger partial charge in [0.15, 0.2) is 5.96 Å². The number of carbonyl (C=O) groups is 1. The molecule has 0 bridgehead atoms. The van der Waals surface area contributed by atoms with E-state index < -0.39 is 0 Å². The van der Waals surface area contributed by atoms with Gasteiger partial charge in [0.05, 0.1) is 13.2 Å². The molecule has 0 saturated carbocycles. The molecule has 1 aliphatic heterocycles. The Morgan fingerprint density at radius 1 is 1.41 bits per heavy atom. The Labute approximate surface area is 133 Å². The van der Waals surface area contributed by atoms with Crippen LogP contribution in [0, 0.1) is 0 Å². The van der Waals surface area contributed by atoms with Crippen LogP contribution in [0.4, 0.5) is 4.79 Å². The number of likely N-dealkylation sites (N-methyl/N-ethyl adjacent to an activating group) is 1. The van der Waals surface area contributed by atoms with Crippen LogP contribution < -0.4 is 11.1 Å². The number of piperidine rings is 1. The van der Waals surface area contributed by atoms with Crippen LogP contribution in [0.2, 0.25) is 0 Å². The highest BCUT2D eigenvalue weighted by atomic mass is 16.6. The van der Waals surface area contributed by atoms with Gasteiger partial charge in [-0.2, -0.15) is 0 Å². The second-order valence-electron chi connectivity index (χ2n) is 6.51. The normalized spacial score (nSPS) is 17.7. The Kier molecular flexibility index (Phi) is 6.93. The van der Waals surface area contributed by atoms with Crippen molar-refractivity contribution in [3.63, 3.8) is 0 Å². The number of hydrogen-bond acceptors (Lipinski definition) is 4. The number of amides is 1. The zero-order valence-corrected chi connectivity index (χ0v) is 14.6. The van der Waals surface area contributed by atoms with Crippen molar-refractivity contribution in [3.05, 3.63) is 0 Å². The van der Waals surface area contributed by atoms with Crippen LogP contribution in [0.3, 0.4) is 0 Å². The maximum Gasteiger partial charge on any atom is 0.409 e. The van der Waals surface area contributed by atoms with E-state index in [2.05, 4.69) is 29.1 Å². The summed E-state index contributed by atoms with van der Waals surface area (Å²) in [5, 5.41) is 3.25. The number of carbonyl (C=O) groups excluding carboxylic acids is 1. The summed E-state index contributed by atoms with van der Waals surface area (Å²) >= 11 is 0. The van der Waals surface area contributed by atoms with Crippen molar-refractivity contribution in [3.8, 4) is 0 Å². The Bertz CT molecular complexity index is 387. The molecule has 0 unspecified atom stereocenters. The highest BCUT2D eigenvalue weighted by Crippen LogP contribution is 2.12. The van der Waals surface area contributed by atoms with Crippen molar-refractivity contribution in [1.29, 1.82) is 0 Å². The quantitative estimate of drug-likeness (QED) is 0.581. The fourth-order valence-corrected chi connectivity index (χ4v) is 2.10. The standard InChI is InChI=1S/C15H31N5O2/c1-6-22-14(21)20-9-7-12(8-10-20)18-13(16)17-11-15(2,3)19(4)5/h12H,6-11H2,1-5H3,(H3,16,17,18). The third kappa shape index (κ3) is 5.71. The second-order valence-corrected chi connectivity index (χ2v) is 6.51. The summed E-state index contributed by atoms with van der Waals surface area (Å²) in [6.45, 7) is 8.50. The first-order chi connectivity index (χ1) is 10.3. The number of nitrogens with zero attached hydrogens (tertiary/aromatic N) is 3. The van der Waals surface area contributed by atoms with Crippen molar-refractivity contribution >= 4 is 12.1 Å². The molecule has 3 N–H and O–H groups in total. The molecule has 0 spiro atoms. The zero-order chi connectivity index (χ0) is 16.8. The summed E-state index contributed by atoms with van der Waals surface area (Å²) in [4.78, 5) is 19.9. The molecule has 1 aliphatic rings. The lowest BCUT2D eigenvalue weighted by Crippen LogP contribution is -2.49. The van der Waals surface area contributed by atoms with E-state index in [9.17, 15) is 4.79 Å². The van der Waals surface area contributed by atoms with E-state index in [1.54, 1.807) is 4.90 Å².